The molecule has 0 aliphatic rings. The molecule has 0 aliphatic heterocycles. The Bertz CT molecular complexity index is 1090. The lowest BCUT2D eigenvalue weighted by molar-refractivity contribution is 0.388. The normalized spacial score (nSPS) is 11.1. The Balaban J connectivity index is 1.89. The van der Waals surface area contributed by atoms with Crippen molar-refractivity contribution in [1.82, 2.24) is 19.9 Å². The van der Waals surface area contributed by atoms with Crippen molar-refractivity contribution in [3.8, 4) is 34.5 Å². The van der Waals surface area contributed by atoms with Gasteiger partial charge in [-0.25, -0.2) is 18.7 Å². The van der Waals surface area contributed by atoms with Crippen molar-refractivity contribution in [2.75, 3.05) is 0 Å². The molecule has 6 nitrogen and oxygen atoms in total. The maximum Gasteiger partial charge on any atom is 0.258 e. The van der Waals surface area contributed by atoms with Crippen molar-refractivity contribution < 1.29 is 19.0 Å². The molecule has 2 aromatic carbocycles. The van der Waals surface area contributed by atoms with Gasteiger partial charge in [-0.2, -0.15) is 4.98 Å². The van der Waals surface area contributed by atoms with Crippen molar-refractivity contribution in [2.45, 2.75) is 0 Å². The van der Waals surface area contributed by atoms with E-state index < -0.39 is 23.3 Å². The molecule has 0 spiro atoms. The molecular weight excluding hydrogens is 330 g/mol. The summed E-state index contributed by atoms with van der Waals surface area (Å²) in [4.78, 5) is 15.1. The average molecular weight is 340 g/mol. The number of imidazole rings is 1. The zero-order chi connectivity index (χ0) is 17.6. The summed E-state index contributed by atoms with van der Waals surface area (Å²) in [5.74, 6) is -1.86. The number of nitrogens with zero attached hydrogens (tertiary/aromatic N) is 3. The predicted molar refractivity (Wildman–Crippen MR) is 85.8 cm³/mol. The van der Waals surface area contributed by atoms with Gasteiger partial charge in [-0.05, 0) is 36.4 Å². The fourth-order valence-corrected chi connectivity index (χ4v) is 2.43. The molecule has 4 rings (SSSR count). The van der Waals surface area contributed by atoms with Crippen LogP contribution in [0.3, 0.4) is 0 Å². The first-order chi connectivity index (χ1) is 12.0. The van der Waals surface area contributed by atoms with Gasteiger partial charge in [-0.15, -0.1) is 0 Å². The van der Waals surface area contributed by atoms with Crippen LogP contribution in [0.25, 0.3) is 33.9 Å². The molecule has 124 valence electrons. The molecule has 8 heteroatoms. The Hall–Kier alpha value is -3.55. The number of H-pyrrole nitrogens is 1. The van der Waals surface area contributed by atoms with Gasteiger partial charge in [0.1, 0.15) is 11.6 Å². The Morgan fingerprint density at radius 3 is 2.32 bits per heavy atom. The number of hydrogen-bond donors (Lipinski definition) is 3. The van der Waals surface area contributed by atoms with Gasteiger partial charge in [0.15, 0.2) is 17.3 Å². The van der Waals surface area contributed by atoms with Crippen LogP contribution >= 0.6 is 0 Å². The third kappa shape index (κ3) is 2.63. The van der Waals surface area contributed by atoms with E-state index in [1.54, 1.807) is 0 Å². The standard InChI is InChI=1S/C17H10F2N4O2/c18-9-3-1-8(2-4-9)15-22-13(14(24)17(25)23-15)16-20-11-6-5-10(19)7-12(11)21-16/h1-7,24H,(H,20,21)(H,22,23,25). The minimum absolute atomic E-state index is 0.0524. The summed E-state index contributed by atoms with van der Waals surface area (Å²) in [5.41, 5.74) is 1.27. The third-order valence-corrected chi connectivity index (χ3v) is 3.64. The molecule has 4 aromatic rings. The Morgan fingerprint density at radius 1 is 0.840 bits per heavy atom. The number of aromatic amines is 1. The molecule has 3 N–H and O–H groups in total. The summed E-state index contributed by atoms with van der Waals surface area (Å²) in [6.45, 7) is 0. The van der Waals surface area contributed by atoms with E-state index in [1.165, 1.54) is 42.5 Å². The smallest absolute Gasteiger partial charge is 0.258 e. The van der Waals surface area contributed by atoms with Gasteiger partial charge in [-0.1, -0.05) is 0 Å². The van der Waals surface area contributed by atoms with E-state index in [-0.39, 0.29) is 17.3 Å². The number of nitrogens with one attached hydrogen (secondary N) is 1. The van der Waals surface area contributed by atoms with Crippen molar-refractivity contribution in [3.63, 3.8) is 0 Å². The summed E-state index contributed by atoms with van der Waals surface area (Å²) in [6, 6.07) is 9.34. The summed E-state index contributed by atoms with van der Waals surface area (Å²) in [5, 5.41) is 20.0. The van der Waals surface area contributed by atoms with Crippen LogP contribution in [-0.2, 0) is 0 Å². The van der Waals surface area contributed by atoms with E-state index in [0.717, 1.165) is 0 Å². The fraction of sp³-hybridized carbons (Fsp3) is 0. The predicted octanol–water partition coefficient (Wildman–Crippen LogP) is 3.38. The van der Waals surface area contributed by atoms with Crippen molar-refractivity contribution in [2.24, 2.45) is 0 Å². The van der Waals surface area contributed by atoms with E-state index in [1.807, 2.05) is 0 Å². The first-order valence-electron chi connectivity index (χ1n) is 7.23. The highest BCUT2D eigenvalue weighted by Crippen LogP contribution is 2.35. The quantitative estimate of drug-likeness (QED) is 0.520. The Labute approximate surface area is 139 Å². The molecule has 0 saturated carbocycles. The zero-order valence-corrected chi connectivity index (χ0v) is 12.5. The number of aromatic hydroxyl groups is 2. The first kappa shape index (κ1) is 15.0. The number of aromatic nitrogens is 4. The molecule has 2 heterocycles. The maximum absolute atomic E-state index is 13.3. The lowest BCUT2D eigenvalue weighted by Crippen LogP contribution is -1.95. The van der Waals surface area contributed by atoms with E-state index in [9.17, 15) is 19.0 Å². The molecule has 0 fully saturated rings. The minimum Gasteiger partial charge on any atom is -0.502 e. The average Bonchev–Trinajstić information content (AvgIpc) is 3.00. The Kier molecular flexibility index (Phi) is 3.31. The largest absolute Gasteiger partial charge is 0.502 e. The van der Waals surface area contributed by atoms with Crippen LogP contribution in [0.5, 0.6) is 11.6 Å². The van der Waals surface area contributed by atoms with Crippen molar-refractivity contribution in [3.05, 3.63) is 54.1 Å². The first-order valence-corrected chi connectivity index (χ1v) is 7.23. The molecule has 0 aliphatic carbocycles. The van der Waals surface area contributed by atoms with E-state index in [2.05, 4.69) is 19.9 Å². The molecule has 2 aromatic heterocycles. The molecular formula is C17H10F2N4O2. The molecule has 0 amide bonds. The summed E-state index contributed by atoms with van der Waals surface area (Å²) in [7, 11) is 0. The highest BCUT2D eigenvalue weighted by molar-refractivity contribution is 5.80. The molecule has 0 atom stereocenters. The number of hydrogen-bond acceptors (Lipinski definition) is 5. The van der Waals surface area contributed by atoms with Crippen LogP contribution < -0.4 is 0 Å². The van der Waals surface area contributed by atoms with Crippen LogP contribution in [0.15, 0.2) is 42.5 Å². The number of rotatable bonds is 2. The highest BCUT2D eigenvalue weighted by atomic mass is 19.1. The van der Waals surface area contributed by atoms with Gasteiger partial charge >= 0.3 is 0 Å². The minimum atomic E-state index is -0.643. The number of fused-ring (bicyclic) bond motifs is 1. The summed E-state index contributed by atoms with van der Waals surface area (Å²) >= 11 is 0. The van der Waals surface area contributed by atoms with Crippen LogP contribution in [0.4, 0.5) is 8.78 Å². The van der Waals surface area contributed by atoms with Crippen LogP contribution in [0.1, 0.15) is 0 Å². The number of benzene rings is 2. The summed E-state index contributed by atoms with van der Waals surface area (Å²) in [6.07, 6.45) is 0. The van der Waals surface area contributed by atoms with Crippen LogP contribution in [-0.4, -0.2) is 30.1 Å². The van der Waals surface area contributed by atoms with Gasteiger partial charge in [0.25, 0.3) is 5.88 Å². The van der Waals surface area contributed by atoms with Gasteiger partial charge in [0, 0.05) is 11.6 Å². The fourth-order valence-electron chi connectivity index (χ4n) is 2.43. The second-order valence-corrected chi connectivity index (χ2v) is 5.32. The topological polar surface area (TPSA) is 94.9 Å². The Morgan fingerprint density at radius 2 is 1.56 bits per heavy atom. The maximum atomic E-state index is 13.3. The zero-order valence-electron chi connectivity index (χ0n) is 12.5. The van der Waals surface area contributed by atoms with Crippen molar-refractivity contribution in [1.29, 1.82) is 0 Å². The van der Waals surface area contributed by atoms with E-state index >= 15 is 0 Å². The second-order valence-electron chi connectivity index (χ2n) is 5.32. The molecule has 25 heavy (non-hydrogen) atoms. The lowest BCUT2D eigenvalue weighted by atomic mass is 10.2. The van der Waals surface area contributed by atoms with E-state index in [4.69, 9.17) is 0 Å². The van der Waals surface area contributed by atoms with Crippen LogP contribution in [0, 0.1) is 11.6 Å². The molecule has 0 saturated heterocycles. The van der Waals surface area contributed by atoms with Gasteiger partial charge in [-0.3, -0.25) is 0 Å². The lowest BCUT2D eigenvalue weighted by Gasteiger charge is -2.06. The van der Waals surface area contributed by atoms with Crippen LogP contribution in [0.2, 0.25) is 0 Å². The second kappa shape index (κ2) is 5.52. The van der Waals surface area contributed by atoms with E-state index in [0.29, 0.717) is 16.6 Å². The van der Waals surface area contributed by atoms with Gasteiger partial charge < -0.3 is 15.2 Å². The number of halogens is 2. The highest BCUT2D eigenvalue weighted by Gasteiger charge is 2.19. The molecule has 0 unspecified atom stereocenters. The monoisotopic (exact) mass is 340 g/mol. The third-order valence-electron chi connectivity index (χ3n) is 3.64. The van der Waals surface area contributed by atoms with Gasteiger partial charge in [0.2, 0.25) is 5.75 Å². The SMILES string of the molecule is Oc1nc(-c2ccc(F)cc2)nc(-c2nc3cc(F)ccc3[nH]2)c1O. The van der Waals surface area contributed by atoms with Crippen molar-refractivity contribution >= 4 is 11.0 Å². The molecule has 0 bridgehead atoms. The van der Waals surface area contributed by atoms with Gasteiger partial charge in [0.05, 0.1) is 11.0 Å². The molecule has 0 radical (unpaired) electrons. The summed E-state index contributed by atoms with van der Waals surface area (Å²) < 4.78 is 26.4.